The average molecular weight is 471 g/mol. The number of unbranched alkanes of at least 4 members (excludes halogenated alkanes) is 7. The van der Waals surface area contributed by atoms with Crippen LogP contribution >= 0.6 is 31.9 Å². The first-order valence-electron chi connectivity index (χ1n) is 8.04. The van der Waals surface area contributed by atoms with Crippen LogP contribution in [0.1, 0.15) is 58.3 Å². The lowest BCUT2D eigenvalue weighted by Crippen LogP contribution is -2.16. The van der Waals surface area contributed by atoms with Gasteiger partial charge < -0.3 is 5.11 Å². The summed E-state index contributed by atoms with van der Waals surface area (Å²) in [6.45, 7) is 2.20. The molecule has 0 radical (unpaired) electrons. The maximum atomic E-state index is 12.1. The first kappa shape index (κ1) is 20.8. The van der Waals surface area contributed by atoms with Gasteiger partial charge in [0.1, 0.15) is 5.75 Å². The Morgan fingerprint density at radius 3 is 1.96 bits per heavy atom. The minimum atomic E-state index is -3.36. The zero-order valence-electron chi connectivity index (χ0n) is 13.4. The van der Waals surface area contributed by atoms with Crippen LogP contribution in [0.2, 0.25) is 0 Å². The molecule has 4 nitrogen and oxygen atoms in total. The number of benzene rings is 1. The molecule has 1 aromatic rings. The third kappa shape index (κ3) is 8.40. The van der Waals surface area contributed by atoms with E-state index < -0.39 is 10.0 Å². The summed E-state index contributed by atoms with van der Waals surface area (Å²) < 4.78 is 27.6. The zero-order valence-corrected chi connectivity index (χ0v) is 17.4. The van der Waals surface area contributed by atoms with E-state index in [0.717, 1.165) is 12.8 Å². The van der Waals surface area contributed by atoms with Crippen molar-refractivity contribution in [2.75, 3.05) is 10.5 Å². The Labute approximate surface area is 156 Å². The Hall–Kier alpha value is -0.270. The van der Waals surface area contributed by atoms with Crippen LogP contribution in [0.5, 0.6) is 5.75 Å². The molecule has 0 saturated heterocycles. The fourth-order valence-corrected chi connectivity index (χ4v) is 4.63. The third-order valence-corrected chi connectivity index (χ3v) is 6.14. The van der Waals surface area contributed by atoms with E-state index >= 15 is 0 Å². The highest BCUT2D eigenvalue weighted by Gasteiger charge is 2.13. The molecular weight excluding hydrogens is 446 g/mol. The van der Waals surface area contributed by atoms with Crippen molar-refractivity contribution in [3.63, 3.8) is 0 Å². The van der Waals surface area contributed by atoms with Gasteiger partial charge in [0.05, 0.1) is 20.4 Å². The Kier molecular flexibility index (Phi) is 9.54. The fourth-order valence-electron chi connectivity index (χ4n) is 2.28. The Morgan fingerprint density at radius 1 is 0.957 bits per heavy atom. The number of halogens is 2. The van der Waals surface area contributed by atoms with E-state index in [1.54, 1.807) is 12.1 Å². The van der Waals surface area contributed by atoms with Crippen LogP contribution in [-0.4, -0.2) is 19.3 Å². The van der Waals surface area contributed by atoms with Gasteiger partial charge in [-0.2, -0.15) is 0 Å². The van der Waals surface area contributed by atoms with E-state index in [4.69, 9.17) is 0 Å². The van der Waals surface area contributed by atoms with Crippen molar-refractivity contribution in [3.05, 3.63) is 21.1 Å². The molecule has 0 aliphatic heterocycles. The Bertz CT molecular complexity index is 568. The van der Waals surface area contributed by atoms with Gasteiger partial charge in [0, 0.05) is 0 Å². The molecule has 0 aliphatic carbocycles. The molecular formula is C16H25Br2NO3S. The number of phenolic OH excluding ortho intramolecular Hbond substituents is 1. The van der Waals surface area contributed by atoms with E-state index in [9.17, 15) is 13.5 Å². The molecule has 0 saturated carbocycles. The molecule has 1 rings (SSSR count). The summed E-state index contributed by atoms with van der Waals surface area (Å²) in [5.41, 5.74) is 0.432. The molecule has 2 N–H and O–H groups in total. The van der Waals surface area contributed by atoms with Gasteiger partial charge in [-0.15, -0.1) is 0 Å². The van der Waals surface area contributed by atoms with Crippen LogP contribution in [0.15, 0.2) is 21.1 Å². The normalized spacial score (nSPS) is 11.6. The fraction of sp³-hybridized carbons (Fsp3) is 0.625. The maximum absolute atomic E-state index is 12.1. The van der Waals surface area contributed by atoms with Crippen LogP contribution in [-0.2, 0) is 10.0 Å². The maximum Gasteiger partial charge on any atom is 0.232 e. The summed E-state index contributed by atoms with van der Waals surface area (Å²) in [7, 11) is -3.36. The number of sulfonamides is 1. The van der Waals surface area contributed by atoms with Crippen molar-refractivity contribution >= 4 is 47.6 Å². The first-order chi connectivity index (χ1) is 10.9. The quantitative estimate of drug-likeness (QED) is 0.317. The Balaban J connectivity index is 2.34. The van der Waals surface area contributed by atoms with Crippen molar-refractivity contribution in [1.82, 2.24) is 0 Å². The van der Waals surface area contributed by atoms with Crippen LogP contribution < -0.4 is 4.72 Å². The minimum Gasteiger partial charge on any atom is -0.506 e. The zero-order chi connectivity index (χ0) is 17.3. The highest BCUT2D eigenvalue weighted by molar-refractivity contribution is 9.11. The molecule has 0 amide bonds. The third-order valence-electron chi connectivity index (χ3n) is 3.56. The second kappa shape index (κ2) is 10.6. The number of rotatable bonds is 11. The number of hydrogen-bond donors (Lipinski definition) is 2. The predicted octanol–water partition coefficient (Wildman–Crippen LogP) is 5.80. The first-order valence-corrected chi connectivity index (χ1v) is 11.3. The van der Waals surface area contributed by atoms with Gasteiger partial charge in [0.2, 0.25) is 10.0 Å². The molecule has 0 fully saturated rings. The number of aromatic hydroxyl groups is 1. The van der Waals surface area contributed by atoms with Gasteiger partial charge in [-0.05, 0) is 50.4 Å². The average Bonchev–Trinajstić information content (AvgIpc) is 2.47. The van der Waals surface area contributed by atoms with Gasteiger partial charge in [-0.3, -0.25) is 4.72 Å². The minimum absolute atomic E-state index is 0.0519. The molecule has 0 heterocycles. The lowest BCUT2D eigenvalue weighted by molar-refractivity contribution is 0.468. The lowest BCUT2D eigenvalue weighted by Gasteiger charge is -2.10. The molecule has 7 heteroatoms. The molecule has 1 aromatic carbocycles. The highest BCUT2D eigenvalue weighted by atomic mass is 79.9. The number of phenols is 1. The summed E-state index contributed by atoms with van der Waals surface area (Å²) in [6.07, 6.45) is 8.94. The second-order valence-corrected chi connectivity index (χ2v) is 9.23. The SMILES string of the molecule is CCCCCCCCCCS(=O)(=O)Nc1cc(Br)c(O)c(Br)c1. The van der Waals surface area contributed by atoms with Crippen molar-refractivity contribution in [1.29, 1.82) is 0 Å². The number of anilines is 1. The molecule has 132 valence electrons. The van der Waals surface area contributed by atoms with E-state index in [2.05, 4.69) is 43.5 Å². The highest BCUT2D eigenvalue weighted by Crippen LogP contribution is 2.35. The Morgan fingerprint density at radius 2 is 1.43 bits per heavy atom. The lowest BCUT2D eigenvalue weighted by atomic mass is 10.1. The van der Waals surface area contributed by atoms with Crippen LogP contribution in [0.25, 0.3) is 0 Å². The van der Waals surface area contributed by atoms with Crippen molar-refractivity contribution in [2.45, 2.75) is 58.3 Å². The predicted molar refractivity (Wildman–Crippen MR) is 104 cm³/mol. The van der Waals surface area contributed by atoms with Crippen LogP contribution in [0, 0.1) is 0 Å². The van der Waals surface area contributed by atoms with Crippen LogP contribution in [0.4, 0.5) is 5.69 Å². The van der Waals surface area contributed by atoms with Gasteiger partial charge in [-0.1, -0.05) is 51.9 Å². The number of nitrogens with one attached hydrogen (secondary N) is 1. The second-order valence-electron chi connectivity index (χ2n) is 5.68. The van der Waals surface area contributed by atoms with E-state index in [-0.39, 0.29) is 11.5 Å². The van der Waals surface area contributed by atoms with E-state index in [0.29, 0.717) is 21.1 Å². The molecule has 0 bridgehead atoms. The summed E-state index contributed by atoms with van der Waals surface area (Å²) in [4.78, 5) is 0. The van der Waals surface area contributed by atoms with Gasteiger partial charge in [0.25, 0.3) is 0 Å². The summed E-state index contributed by atoms with van der Waals surface area (Å²) in [5, 5.41) is 9.64. The summed E-state index contributed by atoms with van der Waals surface area (Å²) in [5.74, 6) is 0.175. The monoisotopic (exact) mass is 469 g/mol. The smallest absolute Gasteiger partial charge is 0.232 e. The van der Waals surface area contributed by atoms with Crippen molar-refractivity contribution in [2.24, 2.45) is 0 Å². The summed E-state index contributed by atoms with van der Waals surface area (Å²) >= 11 is 6.38. The van der Waals surface area contributed by atoms with Gasteiger partial charge >= 0.3 is 0 Å². The van der Waals surface area contributed by atoms with Crippen molar-refractivity contribution < 1.29 is 13.5 Å². The topological polar surface area (TPSA) is 66.4 Å². The molecule has 23 heavy (non-hydrogen) atoms. The molecule has 0 spiro atoms. The molecule has 0 atom stereocenters. The van der Waals surface area contributed by atoms with Gasteiger partial charge in [0.15, 0.2) is 0 Å². The molecule has 0 aliphatic rings. The largest absolute Gasteiger partial charge is 0.506 e. The van der Waals surface area contributed by atoms with Crippen molar-refractivity contribution in [3.8, 4) is 5.75 Å². The van der Waals surface area contributed by atoms with Gasteiger partial charge in [-0.25, -0.2) is 8.42 Å². The molecule has 0 unspecified atom stereocenters. The number of hydrogen-bond acceptors (Lipinski definition) is 3. The van der Waals surface area contributed by atoms with Crippen LogP contribution in [0.3, 0.4) is 0 Å². The standard InChI is InChI=1S/C16H25Br2NO3S/c1-2-3-4-5-6-7-8-9-10-23(21,22)19-13-11-14(17)16(20)15(18)12-13/h11-12,19-20H,2-10H2,1H3. The summed E-state index contributed by atoms with van der Waals surface area (Å²) in [6, 6.07) is 3.09. The molecule has 0 aromatic heterocycles. The van der Waals surface area contributed by atoms with E-state index in [1.807, 2.05) is 0 Å². The van der Waals surface area contributed by atoms with E-state index in [1.165, 1.54) is 32.1 Å².